The molecule has 0 aliphatic rings. The topological polar surface area (TPSA) is 74.2 Å². The molecule has 0 fully saturated rings. The molecule has 0 bridgehead atoms. The fourth-order valence-electron chi connectivity index (χ4n) is 2.01. The Balaban J connectivity index is 1.93. The van der Waals surface area contributed by atoms with Gasteiger partial charge in [-0.2, -0.15) is 0 Å². The number of amides is 2. The van der Waals surface area contributed by atoms with Crippen LogP contribution in [0.4, 0.5) is 10.5 Å². The van der Waals surface area contributed by atoms with Crippen molar-refractivity contribution in [1.29, 1.82) is 0 Å². The molecule has 1 heterocycles. The maximum atomic E-state index is 11.9. The summed E-state index contributed by atoms with van der Waals surface area (Å²) >= 11 is 0. The van der Waals surface area contributed by atoms with Crippen molar-refractivity contribution in [2.45, 2.75) is 13.3 Å². The fraction of sp³-hybridized carbons (Fsp3) is 0.263. The second-order valence-corrected chi connectivity index (χ2v) is 5.50. The van der Waals surface area contributed by atoms with Gasteiger partial charge in [-0.25, -0.2) is 9.78 Å². The number of rotatable bonds is 5. The zero-order chi connectivity index (χ0) is 17.2. The number of carbonyl (C=O) groups is 1. The average molecular weight is 323 g/mol. The Kier molecular flexibility index (Phi) is 6.81. The first-order valence-electron chi connectivity index (χ1n) is 7.86. The second kappa shape index (κ2) is 9.33. The third kappa shape index (κ3) is 6.11. The number of benzene rings is 1. The Bertz CT molecular complexity index is 720. The number of anilines is 1. The van der Waals surface area contributed by atoms with Gasteiger partial charge in [0.15, 0.2) is 0 Å². The Morgan fingerprint density at radius 3 is 2.88 bits per heavy atom. The molecule has 1 unspecified atom stereocenters. The molecule has 0 spiro atoms. The number of hydrogen-bond donors (Lipinski definition) is 3. The largest absolute Gasteiger partial charge is 0.396 e. The molecular formula is C19H21N3O2. The highest BCUT2D eigenvalue weighted by molar-refractivity contribution is 5.89. The number of aromatic nitrogens is 1. The van der Waals surface area contributed by atoms with E-state index in [4.69, 9.17) is 5.11 Å². The average Bonchev–Trinajstić information content (AvgIpc) is 2.60. The van der Waals surface area contributed by atoms with Gasteiger partial charge in [-0.3, -0.25) is 0 Å². The van der Waals surface area contributed by atoms with Crippen LogP contribution >= 0.6 is 0 Å². The van der Waals surface area contributed by atoms with Crippen LogP contribution in [-0.4, -0.2) is 29.3 Å². The number of aliphatic hydroxyl groups is 1. The maximum absolute atomic E-state index is 11.9. The number of hydrogen-bond acceptors (Lipinski definition) is 3. The monoisotopic (exact) mass is 323 g/mol. The minimum absolute atomic E-state index is 0.126. The molecule has 2 amide bonds. The molecule has 2 aromatic rings. The van der Waals surface area contributed by atoms with Crippen LogP contribution in [0.2, 0.25) is 0 Å². The van der Waals surface area contributed by atoms with E-state index in [0.717, 1.165) is 5.56 Å². The van der Waals surface area contributed by atoms with Gasteiger partial charge >= 0.3 is 6.03 Å². The number of aliphatic hydroxyl groups excluding tert-OH is 1. The molecule has 0 saturated heterocycles. The summed E-state index contributed by atoms with van der Waals surface area (Å²) in [5.41, 5.74) is 2.17. The number of nitrogens with zero attached hydrogens (tertiary/aromatic N) is 1. The molecule has 3 N–H and O–H groups in total. The highest BCUT2D eigenvalue weighted by atomic mass is 16.3. The van der Waals surface area contributed by atoms with E-state index in [1.807, 2.05) is 49.4 Å². The lowest BCUT2D eigenvalue weighted by atomic mass is 10.1. The summed E-state index contributed by atoms with van der Waals surface area (Å²) in [5, 5.41) is 14.4. The van der Waals surface area contributed by atoms with Crippen LogP contribution < -0.4 is 10.6 Å². The molecule has 2 rings (SSSR count). The first-order valence-corrected chi connectivity index (χ1v) is 7.86. The van der Waals surface area contributed by atoms with Crippen molar-refractivity contribution in [1.82, 2.24) is 10.3 Å². The lowest BCUT2D eigenvalue weighted by Gasteiger charge is -2.12. The van der Waals surface area contributed by atoms with Crippen molar-refractivity contribution in [2.24, 2.45) is 5.92 Å². The summed E-state index contributed by atoms with van der Waals surface area (Å²) in [6, 6.07) is 12.6. The molecule has 5 nitrogen and oxygen atoms in total. The van der Waals surface area contributed by atoms with E-state index in [9.17, 15) is 4.79 Å². The van der Waals surface area contributed by atoms with Crippen molar-refractivity contribution in [3.05, 3.63) is 59.9 Å². The molecule has 1 aromatic carbocycles. The lowest BCUT2D eigenvalue weighted by Crippen LogP contribution is -2.32. The Morgan fingerprint density at radius 2 is 2.12 bits per heavy atom. The third-order valence-electron chi connectivity index (χ3n) is 3.35. The van der Waals surface area contributed by atoms with E-state index >= 15 is 0 Å². The minimum Gasteiger partial charge on any atom is -0.396 e. The van der Waals surface area contributed by atoms with Crippen LogP contribution in [0.1, 0.15) is 24.6 Å². The molecule has 1 aromatic heterocycles. The summed E-state index contributed by atoms with van der Waals surface area (Å²) in [6.45, 7) is 2.62. The Labute approximate surface area is 142 Å². The second-order valence-electron chi connectivity index (χ2n) is 5.50. The van der Waals surface area contributed by atoms with Gasteiger partial charge in [0.1, 0.15) is 5.69 Å². The molecule has 0 aliphatic carbocycles. The normalized spacial score (nSPS) is 11.1. The number of urea groups is 1. The van der Waals surface area contributed by atoms with Crippen LogP contribution in [0.15, 0.2) is 48.7 Å². The van der Waals surface area contributed by atoms with Crippen molar-refractivity contribution >= 4 is 11.7 Å². The molecule has 124 valence electrons. The van der Waals surface area contributed by atoms with Crippen LogP contribution in [0.5, 0.6) is 0 Å². The smallest absolute Gasteiger partial charge is 0.319 e. The van der Waals surface area contributed by atoms with Crippen LogP contribution in [0, 0.1) is 17.8 Å². The zero-order valence-electron chi connectivity index (χ0n) is 13.6. The van der Waals surface area contributed by atoms with Gasteiger partial charge in [-0.1, -0.05) is 25.0 Å². The van der Waals surface area contributed by atoms with Gasteiger partial charge < -0.3 is 15.7 Å². The lowest BCUT2D eigenvalue weighted by molar-refractivity contribution is 0.243. The van der Waals surface area contributed by atoms with Gasteiger partial charge in [-0.05, 0) is 48.6 Å². The number of nitrogens with one attached hydrogen (secondary N) is 2. The SMILES string of the molecule is CC(CCO)CNC(=O)Nc1cccc(C#Cc2ccccn2)c1. The molecule has 0 saturated carbocycles. The predicted octanol–water partition coefficient (Wildman–Crippen LogP) is 2.62. The van der Waals surface area contributed by atoms with Gasteiger partial charge in [-0.15, -0.1) is 0 Å². The van der Waals surface area contributed by atoms with E-state index in [0.29, 0.717) is 24.3 Å². The first kappa shape index (κ1) is 17.5. The van der Waals surface area contributed by atoms with Crippen LogP contribution in [0.25, 0.3) is 0 Å². The quantitative estimate of drug-likeness (QED) is 0.741. The summed E-state index contributed by atoms with van der Waals surface area (Å²) in [4.78, 5) is 16.0. The zero-order valence-corrected chi connectivity index (χ0v) is 13.6. The highest BCUT2D eigenvalue weighted by Crippen LogP contribution is 2.10. The summed E-state index contributed by atoms with van der Waals surface area (Å²) < 4.78 is 0. The third-order valence-corrected chi connectivity index (χ3v) is 3.35. The van der Waals surface area contributed by atoms with Gasteiger partial charge in [0.05, 0.1) is 0 Å². The molecule has 5 heteroatoms. The van der Waals surface area contributed by atoms with E-state index in [1.54, 1.807) is 6.20 Å². The standard InChI is InChI=1S/C19H21N3O2/c1-15(10-12-23)14-21-19(24)22-18-7-4-5-16(13-18)8-9-17-6-2-3-11-20-17/h2-7,11,13,15,23H,10,12,14H2,1H3,(H2,21,22,24). The van der Waals surface area contributed by atoms with Gasteiger partial charge in [0.2, 0.25) is 0 Å². The molecule has 0 radical (unpaired) electrons. The molecular weight excluding hydrogens is 302 g/mol. The van der Waals surface area contributed by atoms with E-state index < -0.39 is 0 Å². The number of carbonyl (C=O) groups excluding carboxylic acids is 1. The molecule has 0 aliphatic heterocycles. The fourth-order valence-corrected chi connectivity index (χ4v) is 2.01. The Hall–Kier alpha value is -2.84. The van der Waals surface area contributed by atoms with Crippen molar-refractivity contribution in [3.63, 3.8) is 0 Å². The van der Waals surface area contributed by atoms with Crippen LogP contribution in [0.3, 0.4) is 0 Å². The van der Waals surface area contributed by atoms with Crippen molar-refractivity contribution in [3.8, 4) is 11.8 Å². The van der Waals surface area contributed by atoms with Crippen molar-refractivity contribution in [2.75, 3.05) is 18.5 Å². The summed E-state index contributed by atoms with van der Waals surface area (Å²) in [7, 11) is 0. The Morgan fingerprint density at radius 1 is 1.25 bits per heavy atom. The summed E-state index contributed by atoms with van der Waals surface area (Å²) in [5.74, 6) is 6.24. The van der Waals surface area contributed by atoms with E-state index in [2.05, 4.69) is 27.5 Å². The van der Waals surface area contributed by atoms with Gasteiger partial charge in [0.25, 0.3) is 0 Å². The minimum atomic E-state index is -0.269. The van der Waals surface area contributed by atoms with Gasteiger partial charge in [0, 0.05) is 30.6 Å². The van der Waals surface area contributed by atoms with E-state index in [1.165, 1.54) is 0 Å². The first-order chi connectivity index (χ1) is 11.7. The summed E-state index contributed by atoms with van der Waals surface area (Å²) in [6.07, 6.45) is 2.36. The predicted molar refractivity (Wildman–Crippen MR) is 94.5 cm³/mol. The maximum Gasteiger partial charge on any atom is 0.319 e. The molecule has 24 heavy (non-hydrogen) atoms. The van der Waals surface area contributed by atoms with Crippen LogP contribution in [-0.2, 0) is 0 Å². The highest BCUT2D eigenvalue weighted by Gasteiger charge is 2.05. The molecule has 1 atom stereocenters. The van der Waals surface area contributed by atoms with Crippen molar-refractivity contribution < 1.29 is 9.90 Å². The number of pyridine rings is 1. The van der Waals surface area contributed by atoms with E-state index in [-0.39, 0.29) is 18.6 Å².